The van der Waals surface area contributed by atoms with E-state index in [0.717, 1.165) is 11.1 Å². The van der Waals surface area contributed by atoms with Gasteiger partial charge >= 0.3 is 0 Å². The summed E-state index contributed by atoms with van der Waals surface area (Å²) >= 11 is 0. The van der Waals surface area contributed by atoms with Crippen LogP contribution in [0.15, 0.2) is 30.6 Å². The molecule has 0 aliphatic carbocycles. The third-order valence-corrected chi connectivity index (χ3v) is 5.22. The fourth-order valence-electron chi connectivity index (χ4n) is 2.29. The summed E-state index contributed by atoms with van der Waals surface area (Å²) in [5.41, 5.74) is 1.76. The molecule has 0 fully saturated rings. The number of rotatable bonds is 7. The highest BCUT2D eigenvalue weighted by Crippen LogP contribution is 2.16. The molecule has 0 spiro atoms. The Morgan fingerprint density at radius 3 is 2.68 bits per heavy atom. The molecule has 0 radical (unpaired) electrons. The normalized spacial score (nSPS) is 13.5. The molecule has 0 aliphatic rings. The van der Waals surface area contributed by atoms with Gasteiger partial charge in [0.25, 0.3) is 0 Å². The molecule has 120 valence electrons. The van der Waals surface area contributed by atoms with Gasteiger partial charge in [0.1, 0.15) is 6.33 Å². The highest BCUT2D eigenvalue weighted by molar-refractivity contribution is 7.90. The lowest BCUT2D eigenvalue weighted by atomic mass is 10.1. The predicted molar refractivity (Wildman–Crippen MR) is 86.5 cm³/mol. The van der Waals surface area contributed by atoms with E-state index in [1.54, 1.807) is 6.92 Å². The molecule has 0 aliphatic heterocycles. The van der Waals surface area contributed by atoms with Crippen molar-refractivity contribution in [2.24, 2.45) is 5.92 Å². The smallest absolute Gasteiger partial charge is 0.214 e. The van der Waals surface area contributed by atoms with Crippen LogP contribution in [0.5, 0.6) is 0 Å². The molecule has 2 rings (SSSR count). The molecule has 1 aromatic carbocycles. The maximum absolute atomic E-state index is 12.2. The maximum atomic E-state index is 12.2. The summed E-state index contributed by atoms with van der Waals surface area (Å²) in [6, 6.07) is 7.56. The van der Waals surface area contributed by atoms with Crippen molar-refractivity contribution in [3.63, 3.8) is 0 Å². The number of nitrogens with zero attached hydrogens (tertiary/aromatic N) is 2. The molecule has 2 aromatic rings. The SMILES string of the molecule is CC(C)CC(C)S(=O)(=O)NCc1cccc(-c2ncn[nH]2)c1. The Hall–Kier alpha value is -1.73. The molecule has 1 heterocycles. The number of hydrogen-bond donors (Lipinski definition) is 2. The van der Waals surface area contributed by atoms with Gasteiger partial charge in [0.15, 0.2) is 5.82 Å². The first-order chi connectivity index (χ1) is 10.4. The minimum atomic E-state index is -3.31. The number of H-pyrrole nitrogens is 1. The Balaban J connectivity index is 2.04. The van der Waals surface area contributed by atoms with E-state index in [9.17, 15) is 8.42 Å². The molecule has 22 heavy (non-hydrogen) atoms. The average Bonchev–Trinajstić information content (AvgIpc) is 2.99. The molecule has 2 N–H and O–H groups in total. The largest absolute Gasteiger partial charge is 0.259 e. The first-order valence-corrected chi connectivity index (χ1v) is 8.86. The van der Waals surface area contributed by atoms with Gasteiger partial charge in [-0.15, -0.1) is 0 Å². The lowest BCUT2D eigenvalue weighted by molar-refractivity contribution is 0.527. The number of nitrogens with one attached hydrogen (secondary N) is 2. The van der Waals surface area contributed by atoms with Gasteiger partial charge in [-0.2, -0.15) is 5.10 Å². The molecule has 1 atom stereocenters. The first-order valence-electron chi connectivity index (χ1n) is 7.31. The van der Waals surface area contributed by atoms with Gasteiger partial charge in [0, 0.05) is 12.1 Å². The van der Waals surface area contributed by atoms with Gasteiger partial charge in [-0.05, 0) is 30.9 Å². The van der Waals surface area contributed by atoms with Gasteiger partial charge in [-0.1, -0.05) is 32.0 Å². The molecule has 6 nitrogen and oxygen atoms in total. The molecule has 0 bridgehead atoms. The van der Waals surface area contributed by atoms with Crippen molar-refractivity contribution in [1.29, 1.82) is 0 Å². The van der Waals surface area contributed by atoms with E-state index in [2.05, 4.69) is 19.9 Å². The zero-order valence-corrected chi connectivity index (χ0v) is 13.9. The van der Waals surface area contributed by atoms with Crippen LogP contribution >= 0.6 is 0 Å². The number of sulfonamides is 1. The molecular formula is C15H22N4O2S. The van der Waals surface area contributed by atoms with E-state index in [-0.39, 0.29) is 6.54 Å². The second kappa shape index (κ2) is 7.02. The topological polar surface area (TPSA) is 87.7 Å². The van der Waals surface area contributed by atoms with Gasteiger partial charge < -0.3 is 0 Å². The standard InChI is InChI=1S/C15H22N4O2S/c1-11(2)7-12(3)22(20,21)18-9-13-5-4-6-14(8-13)15-16-10-17-19-15/h4-6,8,10-12,18H,7,9H2,1-3H3,(H,16,17,19). The molecular weight excluding hydrogens is 300 g/mol. The summed E-state index contributed by atoms with van der Waals surface area (Å²) in [4.78, 5) is 4.09. The minimum absolute atomic E-state index is 0.271. The van der Waals surface area contributed by atoms with Crippen molar-refractivity contribution in [2.75, 3.05) is 0 Å². The van der Waals surface area contributed by atoms with Crippen LogP contribution in [0.2, 0.25) is 0 Å². The van der Waals surface area contributed by atoms with Crippen LogP contribution < -0.4 is 4.72 Å². The summed E-state index contributed by atoms with van der Waals surface area (Å²) in [7, 11) is -3.31. The Bertz CT molecular complexity index is 696. The number of aromatic nitrogens is 3. The minimum Gasteiger partial charge on any atom is -0.259 e. The van der Waals surface area contributed by atoms with Crippen molar-refractivity contribution < 1.29 is 8.42 Å². The fraction of sp³-hybridized carbons (Fsp3) is 0.467. The third-order valence-electron chi connectivity index (χ3n) is 3.43. The average molecular weight is 322 g/mol. The molecule has 1 aromatic heterocycles. The lowest BCUT2D eigenvalue weighted by Crippen LogP contribution is -2.33. The van der Waals surface area contributed by atoms with Crippen LogP contribution in [-0.4, -0.2) is 28.8 Å². The molecule has 0 saturated heterocycles. The zero-order chi connectivity index (χ0) is 16.2. The molecule has 7 heteroatoms. The van der Waals surface area contributed by atoms with Crippen LogP contribution in [0.25, 0.3) is 11.4 Å². The Kier molecular flexibility index (Phi) is 5.31. The van der Waals surface area contributed by atoms with Crippen molar-refractivity contribution in [2.45, 2.75) is 39.0 Å². The second-order valence-corrected chi connectivity index (χ2v) is 8.02. The van der Waals surface area contributed by atoms with E-state index >= 15 is 0 Å². The van der Waals surface area contributed by atoms with Crippen LogP contribution in [0, 0.1) is 5.92 Å². The van der Waals surface area contributed by atoms with Crippen LogP contribution in [0.1, 0.15) is 32.8 Å². The lowest BCUT2D eigenvalue weighted by Gasteiger charge is -2.16. The van der Waals surface area contributed by atoms with Crippen molar-refractivity contribution in [3.8, 4) is 11.4 Å². The van der Waals surface area contributed by atoms with E-state index in [1.807, 2.05) is 38.1 Å². The Morgan fingerprint density at radius 2 is 2.05 bits per heavy atom. The van der Waals surface area contributed by atoms with Crippen molar-refractivity contribution >= 4 is 10.0 Å². The van der Waals surface area contributed by atoms with E-state index in [4.69, 9.17) is 0 Å². The van der Waals surface area contributed by atoms with E-state index in [1.165, 1.54) is 6.33 Å². The van der Waals surface area contributed by atoms with Crippen LogP contribution in [0.3, 0.4) is 0 Å². The zero-order valence-electron chi connectivity index (χ0n) is 13.1. The first kappa shape index (κ1) is 16.6. The fourth-order valence-corrected chi connectivity index (χ4v) is 3.58. The van der Waals surface area contributed by atoms with Crippen molar-refractivity contribution in [3.05, 3.63) is 36.2 Å². The van der Waals surface area contributed by atoms with Crippen LogP contribution in [0.4, 0.5) is 0 Å². The van der Waals surface area contributed by atoms with Crippen molar-refractivity contribution in [1.82, 2.24) is 19.9 Å². The summed E-state index contributed by atoms with van der Waals surface area (Å²) < 4.78 is 27.1. The maximum Gasteiger partial charge on any atom is 0.214 e. The highest BCUT2D eigenvalue weighted by Gasteiger charge is 2.21. The van der Waals surface area contributed by atoms with Gasteiger partial charge in [-0.3, -0.25) is 5.10 Å². The monoisotopic (exact) mass is 322 g/mol. The molecule has 1 unspecified atom stereocenters. The number of aromatic amines is 1. The summed E-state index contributed by atoms with van der Waals surface area (Å²) in [5.74, 6) is 1.01. The van der Waals surface area contributed by atoms with E-state index in [0.29, 0.717) is 18.2 Å². The van der Waals surface area contributed by atoms with Gasteiger partial charge in [-0.25, -0.2) is 18.1 Å². The number of hydrogen-bond acceptors (Lipinski definition) is 4. The summed E-state index contributed by atoms with van der Waals surface area (Å²) in [6.45, 7) is 6.06. The Morgan fingerprint density at radius 1 is 1.27 bits per heavy atom. The third kappa shape index (κ3) is 4.38. The Labute approximate surface area is 131 Å². The highest BCUT2D eigenvalue weighted by atomic mass is 32.2. The second-order valence-electron chi connectivity index (χ2n) is 5.84. The van der Waals surface area contributed by atoms with Gasteiger partial charge in [0.05, 0.1) is 5.25 Å². The van der Waals surface area contributed by atoms with Crippen LogP contribution in [-0.2, 0) is 16.6 Å². The summed E-state index contributed by atoms with van der Waals surface area (Å²) in [5, 5.41) is 6.21. The molecule has 0 amide bonds. The summed E-state index contributed by atoms with van der Waals surface area (Å²) in [6.07, 6.45) is 2.09. The predicted octanol–water partition coefficient (Wildman–Crippen LogP) is 2.33. The van der Waals surface area contributed by atoms with E-state index < -0.39 is 15.3 Å². The van der Waals surface area contributed by atoms with Gasteiger partial charge in [0.2, 0.25) is 10.0 Å². The number of benzene rings is 1. The quantitative estimate of drug-likeness (QED) is 0.819. The molecule has 0 saturated carbocycles.